The van der Waals surface area contributed by atoms with Gasteiger partial charge in [0.2, 0.25) is 10.0 Å². The highest BCUT2D eigenvalue weighted by Gasteiger charge is 2.35. The zero-order valence-corrected chi connectivity index (χ0v) is 13.4. The Hall–Kier alpha value is -1.18. The van der Waals surface area contributed by atoms with Crippen LogP contribution in [0.5, 0.6) is 0 Å². The predicted molar refractivity (Wildman–Crippen MR) is 79.8 cm³/mol. The van der Waals surface area contributed by atoms with Gasteiger partial charge in [-0.05, 0) is 30.4 Å². The third-order valence-electron chi connectivity index (χ3n) is 3.57. The number of hydrogen-bond acceptors (Lipinski definition) is 4. The Bertz CT molecular complexity index is 652. The molecular formula is C13H17ClN2O4S. The molecule has 8 heteroatoms. The van der Waals surface area contributed by atoms with Gasteiger partial charge in [0, 0.05) is 24.2 Å². The molecule has 6 nitrogen and oxygen atoms in total. The van der Waals surface area contributed by atoms with Crippen molar-refractivity contribution in [3.8, 4) is 0 Å². The molecule has 2 rings (SSSR count). The van der Waals surface area contributed by atoms with Gasteiger partial charge in [-0.15, -0.1) is 0 Å². The minimum Gasteiger partial charge on any atom is -0.258 e. The normalized spacial score (nSPS) is 24.0. The van der Waals surface area contributed by atoms with Gasteiger partial charge in [-0.3, -0.25) is 10.1 Å². The lowest BCUT2D eigenvalue weighted by Crippen LogP contribution is -2.42. The highest BCUT2D eigenvalue weighted by Crippen LogP contribution is 2.32. The van der Waals surface area contributed by atoms with E-state index in [0.29, 0.717) is 13.1 Å². The minimum atomic E-state index is -3.89. The van der Waals surface area contributed by atoms with Crippen molar-refractivity contribution in [1.29, 1.82) is 0 Å². The van der Waals surface area contributed by atoms with Crippen molar-refractivity contribution in [2.24, 2.45) is 11.8 Å². The average Bonchev–Trinajstić information content (AvgIpc) is 2.37. The summed E-state index contributed by atoms with van der Waals surface area (Å²) in [5.74, 6) is 0.463. The van der Waals surface area contributed by atoms with Crippen LogP contribution in [0.25, 0.3) is 0 Å². The van der Waals surface area contributed by atoms with Gasteiger partial charge in [0.1, 0.15) is 0 Å². The maximum absolute atomic E-state index is 12.7. The lowest BCUT2D eigenvalue weighted by Gasteiger charge is -2.33. The number of nitro benzene ring substituents is 1. The first-order chi connectivity index (χ1) is 9.71. The summed E-state index contributed by atoms with van der Waals surface area (Å²) in [5.41, 5.74) is -0.478. The van der Waals surface area contributed by atoms with E-state index < -0.39 is 20.6 Å². The van der Waals surface area contributed by atoms with E-state index in [4.69, 9.17) is 11.6 Å². The van der Waals surface area contributed by atoms with Crippen LogP contribution in [0, 0.1) is 22.0 Å². The molecule has 1 aromatic carbocycles. The molecule has 1 fully saturated rings. The molecule has 0 aromatic heterocycles. The van der Waals surface area contributed by atoms with Gasteiger partial charge in [-0.2, -0.15) is 4.31 Å². The molecular weight excluding hydrogens is 316 g/mol. The van der Waals surface area contributed by atoms with E-state index in [0.717, 1.165) is 12.5 Å². The van der Waals surface area contributed by atoms with Crippen molar-refractivity contribution >= 4 is 27.3 Å². The van der Waals surface area contributed by atoms with Gasteiger partial charge in [-0.1, -0.05) is 25.4 Å². The second-order valence-electron chi connectivity index (χ2n) is 5.64. The van der Waals surface area contributed by atoms with Crippen LogP contribution in [0.3, 0.4) is 0 Å². The highest BCUT2D eigenvalue weighted by atomic mass is 35.5. The summed E-state index contributed by atoms with van der Waals surface area (Å²) in [6.45, 7) is 4.72. The molecule has 1 aliphatic heterocycles. The molecule has 0 amide bonds. The molecule has 2 unspecified atom stereocenters. The van der Waals surface area contributed by atoms with Gasteiger partial charge in [0.05, 0.1) is 4.92 Å². The third kappa shape index (κ3) is 3.36. The van der Waals surface area contributed by atoms with Crippen LogP contribution in [0.15, 0.2) is 23.1 Å². The topological polar surface area (TPSA) is 80.5 Å². The molecule has 116 valence electrons. The molecule has 0 radical (unpaired) electrons. The van der Waals surface area contributed by atoms with Crippen LogP contribution in [0.4, 0.5) is 5.69 Å². The number of benzene rings is 1. The molecule has 2 atom stereocenters. The van der Waals surface area contributed by atoms with Crippen LogP contribution in [0.1, 0.15) is 20.3 Å². The largest absolute Gasteiger partial charge is 0.290 e. The molecule has 1 aromatic rings. The van der Waals surface area contributed by atoms with E-state index in [1.165, 1.54) is 16.4 Å². The number of halogens is 1. The fourth-order valence-electron chi connectivity index (χ4n) is 2.79. The highest BCUT2D eigenvalue weighted by molar-refractivity contribution is 7.89. The zero-order valence-electron chi connectivity index (χ0n) is 11.8. The van der Waals surface area contributed by atoms with Gasteiger partial charge in [-0.25, -0.2) is 8.42 Å². The summed E-state index contributed by atoms with van der Waals surface area (Å²) in [7, 11) is -3.89. The molecule has 0 saturated carbocycles. The summed E-state index contributed by atoms with van der Waals surface area (Å²) >= 11 is 5.73. The Morgan fingerprint density at radius 3 is 2.38 bits per heavy atom. The standard InChI is InChI=1S/C13H17ClN2O4S/c1-9-5-10(2)8-15(7-9)21(19,20)13-4-3-11(14)6-12(13)16(17)18/h3-4,6,9-10H,5,7-8H2,1-2H3. The van der Waals surface area contributed by atoms with Gasteiger partial charge >= 0.3 is 0 Å². The molecule has 0 bridgehead atoms. The number of nitrogens with zero attached hydrogens (tertiary/aromatic N) is 2. The number of hydrogen-bond donors (Lipinski definition) is 0. The zero-order chi connectivity index (χ0) is 15.8. The summed E-state index contributed by atoms with van der Waals surface area (Å²) in [5, 5.41) is 11.2. The van der Waals surface area contributed by atoms with E-state index in [2.05, 4.69) is 0 Å². The van der Waals surface area contributed by atoms with Crippen LogP contribution in [-0.4, -0.2) is 30.7 Å². The van der Waals surface area contributed by atoms with Crippen LogP contribution in [0.2, 0.25) is 5.02 Å². The number of nitro groups is 1. The first-order valence-electron chi connectivity index (χ1n) is 6.66. The number of sulfonamides is 1. The van der Waals surface area contributed by atoms with E-state index in [1.54, 1.807) is 0 Å². The quantitative estimate of drug-likeness (QED) is 0.629. The summed E-state index contributed by atoms with van der Waals surface area (Å²) in [6.07, 6.45) is 0.953. The fourth-order valence-corrected chi connectivity index (χ4v) is 4.78. The predicted octanol–water partition coefficient (Wildman–Crippen LogP) is 2.91. The summed E-state index contributed by atoms with van der Waals surface area (Å²) < 4.78 is 26.7. The maximum Gasteiger partial charge on any atom is 0.290 e. The number of rotatable bonds is 3. The molecule has 0 spiro atoms. The van der Waals surface area contributed by atoms with Crippen molar-refractivity contribution in [1.82, 2.24) is 4.31 Å². The first kappa shape index (κ1) is 16.2. The van der Waals surface area contributed by atoms with Gasteiger partial charge in [0.15, 0.2) is 4.90 Å². The molecule has 1 heterocycles. The molecule has 1 aliphatic rings. The second-order valence-corrected chi connectivity index (χ2v) is 7.98. The van der Waals surface area contributed by atoms with Crippen molar-refractivity contribution in [2.75, 3.05) is 13.1 Å². The molecule has 0 N–H and O–H groups in total. The molecule has 1 saturated heterocycles. The Morgan fingerprint density at radius 2 is 1.86 bits per heavy atom. The van der Waals surface area contributed by atoms with Crippen molar-refractivity contribution in [3.05, 3.63) is 33.3 Å². The SMILES string of the molecule is CC1CC(C)CN(S(=O)(=O)c2ccc(Cl)cc2[N+](=O)[O-])C1. The van der Waals surface area contributed by atoms with Crippen LogP contribution in [-0.2, 0) is 10.0 Å². The monoisotopic (exact) mass is 332 g/mol. The Balaban J connectivity index is 2.47. The van der Waals surface area contributed by atoms with Gasteiger partial charge < -0.3 is 0 Å². The third-order valence-corrected chi connectivity index (χ3v) is 5.68. The Kier molecular flexibility index (Phi) is 4.55. The van der Waals surface area contributed by atoms with Crippen molar-refractivity contribution in [3.63, 3.8) is 0 Å². The lowest BCUT2D eigenvalue weighted by molar-refractivity contribution is -0.387. The van der Waals surface area contributed by atoms with Gasteiger partial charge in [0.25, 0.3) is 5.69 Å². The van der Waals surface area contributed by atoms with E-state index in [-0.39, 0.29) is 21.8 Å². The smallest absolute Gasteiger partial charge is 0.258 e. The van der Waals surface area contributed by atoms with E-state index in [9.17, 15) is 18.5 Å². The lowest BCUT2D eigenvalue weighted by atomic mass is 9.94. The number of piperidine rings is 1. The second kappa shape index (κ2) is 5.90. The van der Waals surface area contributed by atoms with Crippen molar-refractivity contribution in [2.45, 2.75) is 25.2 Å². The first-order valence-corrected chi connectivity index (χ1v) is 8.47. The summed E-state index contributed by atoms with van der Waals surface area (Å²) in [6, 6.07) is 3.64. The van der Waals surface area contributed by atoms with Crippen LogP contribution >= 0.6 is 11.6 Å². The molecule has 21 heavy (non-hydrogen) atoms. The average molecular weight is 333 g/mol. The fraction of sp³-hybridized carbons (Fsp3) is 0.538. The molecule has 0 aliphatic carbocycles. The van der Waals surface area contributed by atoms with E-state index >= 15 is 0 Å². The van der Waals surface area contributed by atoms with Crippen LogP contribution < -0.4 is 0 Å². The Morgan fingerprint density at radius 1 is 1.29 bits per heavy atom. The minimum absolute atomic E-state index is 0.140. The van der Waals surface area contributed by atoms with E-state index in [1.807, 2.05) is 13.8 Å². The maximum atomic E-state index is 12.7. The summed E-state index contributed by atoms with van der Waals surface area (Å²) in [4.78, 5) is 10.1. The van der Waals surface area contributed by atoms with Crippen molar-refractivity contribution < 1.29 is 13.3 Å². The Labute approximate surface area is 128 Å².